The van der Waals surface area contributed by atoms with E-state index in [4.69, 9.17) is 10.5 Å². The van der Waals surface area contributed by atoms with Crippen LogP contribution in [0.5, 0.6) is 0 Å². The molecule has 3 rings (SSSR count). The van der Waals surface area contributed by atoms with E-state index in [9.17, 15) is 4.79 Å². The molecule has 2 aliphatic heterocycles. The van der Waals surface area contributed by atoms with Crippen LogP contribution in [0.25, 0.3) is 0 Å². The van der Waals surface area contributed by atoms with Gasteiger partial charge in [-0.05, 0) is 25.2 Å². The fourth-order valence-electron chi connectivity index (χ4n) is 2.60. The third-order valence-corrected chi connectivity index (χ3v) is 3.72. The number of ether oxygens (including phenoxy) is 1. The number of nitrogens with zero attached hydrogens (tertiary/aromatic N) is 1. The lowest BCUT2D eigenvalue weighted by molar-refractivity contribution is -0.149. The van der Waals surface area contributed by atoms with E-state index < -0.39 is 0 Å². The van der Waals surface area contributed by atoms with Gasteiger partial charge >= 0.3 is 5.97 Å². The molecule has 3 unspecified atom stereocenters. The van der Waals surface area contributed by atoms with Gasteiger partial charge in [-0.15, -0.1) is 0 Å². The Morgan fingerprint density at radius 2 is 2.07 bits per heavy atom. The molecule has 1 aliphatic carbocycles. The molecule has 0 aromatic heterocycles. The van der Waals surface area contributed by atoms with Gasteiger partial charge in [0.15, 0.2) is 0 Å². The first kappa shape index (κ1) is 9.93. The molecule has 0 aromatic rings. The largest absolute Gasteiger partial charge is 0.468 e. The van der Waals surface area contributed by atoms with Crippen LogP contribution >= 0.6 is 0 Å². The van der Waals surface area contributed by atoms with Crippen molar-refractivity contribution < 1.29 is 9.53 Å². The van der Waals surface area contributed by atoms with Crippen LogP contribution in [0.3, 0.4) is 0 Å². The Bertz CT molecular complexity index is 232. The van der Waals surface area contributed by atoms with Crippen LogP contribution in [0.2, 0.25) is 0 Å². The fraction of sp³-hybridized carbons (Fsp3) is 0.900. The molecule has 4 nitrogen and oxygen atoms in total. The minimum atomic E-state index is -0.139. The summed E-state index contributed by atoms with van der Waals surface area (Å²) in [5.41, 5.74) is 5.96. The zero-order valence-electron chi connectivity index (χ0n) is 8.77. The molecule has 80 valence electrons. The Labute approximate surface area is 84.4 Å². The summed E-state index contributed by atoms with van der Waals surface area (Å²) in [6.45, 7) is 3.81. The maximum atomic E-state index is 11.3. The summed E-state index contributed by atoms with van der Waals surface area (Å²) in [5, 5.41) is 0. The predicted octanol–water partition coefficient (Wildman–Crippen LogP) is -0.173. The molecule has 2 N–H and O–H groups in total. The van der Waals surface area contributed by atoms with Crippen LogP contribution in [0.1, 0.15) is 13.3 Å². The first-order valence-electron chi connectivity index (χ1n) is 5.21. The van der Waals surface area contributed by atoms with E-state index in [1.165, 1.54) is 13.5 Å². The van der Waals surface area contributed by atoms with Crippen LogP contribution < -0.4 is 5.73 Å². The lowest BCUT2D eigenvalue weighted by Crippen LogP contribution is -2.64. The van der Waals surface area contributed by atoms with Gasteiger partial charge in [0.05, 0.1) is 7.11 Å². The monoisotopic (exact) mass is 198 g/mol. The molecule has 2 bridgehead atoms. The number of carbonyl (C=O) groups excluding carboxylic acids is 1. The molecular weight excluding hydrogens is 180 g/mol. The third-order valence-electron chi connectivity index (χ3n) is 3.72. The molecule has 0 spiro atoms. The summed E-state index contributed by atoms with van der Waals surface area (Å²) < 4.78 is 4.73. The van der Waals surface area contributed by atoms with Crippen molar-refractivity contribution in [1.29, 1.82) is 0 Å². The van der Waals surface area contributed by atoms with Gasteiger partial charge in [-0.1, -0.05) is 0 Å². The summed E-state index contributed by atoms with van der Waals surface area (Å²) in [7, 11) is 1.44. The van der Waals surface area contributed by atoms with E-state index in [0.29, 0.717) is 17.9 Å². The van der Waals surface area contributed by atoms with Crippen molar-refractivity contribution >= 4 is 5.97 Å². The van der Waals surface area contributed by atoms with Crippen molar-refractivity contribution in [3.8, 4) is 0 Å². The molecule has 0 aromatic carbocycles. The van der Waals surface area contributed by atoms with Gasteiger partial charge in [-0.25, -0.2) is 0 Å². The maximum Gasteiger partial charge on any atom is 0.322 e. The lowest BCUT2D eigenvalue weighted by Gasteiger charge is -2.53. The Hall–Kier alpha value is -0.610. The number of esters is 1. The quantitative estimate of drug-likeness (QED) is 0.626. The van der Waals surface area contributed by atoms with Gasteiger partial charge in [-0.2, -0.15) is 0 Å². The number of carbonyl (C=O) groups is 1. The predicted molar refractivity (Wildman–Crippen MR) is 52.6 cm³/mol. The van der Waals surface area contributed by atoms with E-state index in [1.807, 2.05) is 6.92 Å². The molecule has 3 atom stereocenters. The highest BCUT2D eigenvalue weighted by Gasteiger charge is 2.46. The third kappa shape index (κ3) is 1.42. The SMILES string of the molecule is COC(=O)C(C)N1CC2CC(C1)C2N. The number of hydrogen-bond donors (Lipinski definition) is 1. The number of rotatable bonds is 2. The summed E-state index contributed by atoms with van der Waals surface area (Å²) in [6, 6.07) is 0.258. The molecule has 14 heavy (non-hydrogen) atoms. The standard InChI is InChI=1S/C10H18N2O2/c1-6(10(13)14-2)12-4-7-3-8(5-12)9(7)11/h6-9H,3-5,11H2,1-2H3. The summed E-state index contributed by atoms with van der Waals surface area (Å²) in [6.07, 6.45) is 1.24. The van der Waals surface area contributed by atoms with E-state index in [-0.39, 0.29) is 12.0 Å². The first-order valence-corrected chi connectivity index (χ1v) is 5.21. The second kappa shape index (κ2) is 3.51. The summed E-state index contributed by atoms with van der Waals surface area (Å²) in [4.78, 5) is 13.5. The smallest absolute Gasteiger partial charge is 0.322 e. The Morgan fingerprint density at radius 1 is 1.50 bits per heavy atom. The highest BCUT2D eigenvalue weighted by Crippen LogP contribution is 2.39. The van der Waals surface area contributed by atoms with Gasteiger partial charge in [0.1, 0.15) is 6.04 Å². The van der Waals surface area contributed by atoms with Gasteiger partial charge in [-0.3, -0.25) is 9.69 Å². The van der Waals surface area contributed by atoms with Gasteiger partial charge in [0.2, 0.25) is 0 Å². The number of fused-ring (bicyclic) bond motifs is 2. The molecule has 3 fully saturated rings. The number of nitrogens with two attached hydrogens (primary N) is 1. The highest BCUT2D eigenvalue weighted by molar-refractivity contribution is 5.75. The van der Waals surface area contributed by atoms with Gasteiger partial charge < -0.3 is 10.5 Å². The first-order chi connectivity index (χ1) is 6.63. The molecule has 3 aliphatic rings. The molecular formula is C10H18N2O2. The Morgan fingerprint density at radius 3 is 2.50 bits per heavy atom. The molecule has 1 saturated carbocycles. The number of methoxy groups -OCH3 is 1. The van der Waals surface area contributed by atoms with Gasteiger partial charge in [0, 0.05) is 19.1 Å². The maximum absolute atomic E-state index is 11.3. The molecule has 4 heteroatoms. The van der Waals surface area contributed by atoms with E-state index in [0.717, 1.165) is 13.1 Å². The average molecular weight is 198 g/mol. The molecule has 2 saturated heterocycles. The normalized spacial score (nSPS) is 38.6. The lowest BCUT2D eigenvalue weighted by atomic mass is 9.66. The summed E-state index contributed by atoms with van der Waals surface area (Å²) in [5.74, 6) is 1.06. The zero-order chi connectivity index (χ0) is 10.3. The van der Waals surface area contributed by atoms with Crippen molar-refractivity contribution in [2.75, 3.05) is 20.2 Å². The van der Waals surface area contributed by atoms with E-state index in [2.05, 4.69) is 4.90 Å². The number of piperidine rings is 2. The van der Waals surface area contributed by atoms with Crippen LogP contribution in [0, 0.1) is 11.8 Å². The second-order valence-corrected chi connectivity index (χ2v) is 4.49. The highest BCUT2D eigenvalue weighted by atomic mass is 16.5. The van der Waals surface area contributed by atoms with Crippen LogP contribution in [0.4, 0.5) is 0 Å². The minimum absolute atomic E-state index is 0.113. The molecule has 2 heterocycles. The van der Waals surface area contributed by atoms with Crippen LogP contribution in [-0.2, 0) is 9.53 Å². The van der Waals surface area contributed by atoms with Crippen LogP contribution in [-0.4, -0.2) is 43.2 Å². The molecule has 0 radical (unpaired) electrons. The Balaban J connectivity index is 1.92. The van der Waals surface area contributed by atoms with E-state index >= 15 is 0 Å². The van der Waals surface area contributed by atoms with Gasteiger partial charge in [0.25, 0.3) is 0 Å². The second-order valence-electron chi connectivity index (χ2n) is 4.49. The van der Waals surface area contributed by atoms with E-state index in [1.54, 1.807) is 0 Å². The van der Waals surface area contributed by atoms with Crippen molar-refractivity contribution in [1.82, 2.24) is 4.90 Å². The Kier molecular flexibility index (Phi) is 2.49. The molecule has 0 amide bonds. The number of hydrogen-bond acceptors (Lipinski definition) is 4. The topological polar surface area (TPSA) is 55.6 Å². The van der Waals surface area contributed by atoms with Crippen LogP contribution in [0.15, 0.2) is 0 Å². The van der Waals surface area contributed by atoms with Crippen molar-refractivity contribution in [2.24, 2.45) is 17.6 Å². The minimum Gasteiger partial charge on any atom is -0.468 e. The zero-order valence-corrected chi connectivity index (χ0v) is 8.77. The van der Waals surface area contributed by atoms with Crippen molar-refractivity contribution in [3.05, 3.63) is 0 Å². The fourth-order valence-corrected chi connectivity index (χ4v) is 2.60. The van der Waals surface area contributed by atoms with Crippen molar-refractivity contribution in [3.63, 3.8) is 0 Å². The van der Waals surface area contributed by atoms with Crippen molar-refractivity contribution in [2.45, 2.75) is 25.4 Å². The average Bonchev–Trinajstić information content (AvgIpc) is 2.26. The summed E-state index contributed by atoms with van der Waals surface area (Å²) >= 11 is 0.